The first-order chi connectivity index (χ1) is 5.18. The standard InChI is InChI=1S/C8H9ClN2/c1-6(2)11-8-5-7(9)3-4-10-8/h3-5H,1H2,2H3,(H,10,11). The number of allylic oxidation sites excluding steroid dienone is 1. The Bertz CT molecular complexity index is 271. The number of nitrogens with one attached hydrogen (secondary N) is 1. The van der Waals surface area contributed by atoms with E-state index in [1.807, 2.05) is 6.92 Å². The molecule has 0 amide bonds. The molecule has 11 heavy (non-hydrogen) atoms. The monoisotopic (exact) mass is 168 g/mol. The van der Waals surface area contributed by atoms with Gasteiger partial charge in [0.25, 0.3) is 0 Å². The largest absolute Gasteiger partial charge is 0.345 e. The molecule has 0 radical (unpaired) electrons. The maximum absolute atomic E-state index is 5.72. The van der Waals surface area contributed by atoms with E-state index in [1.165, 1.54) is 0 Å². The van der Waals surface area contributed by atoms with Crippen molar-refractivity contribution < 1.29 is 0 Å². The molecule has 0 aliphatic rings. The zero-order chi connectivity index (χ0) is 8.27. The minimum absolute atomic E-state index is 0.670. The molecule has 1 rings (SSSR count). The summed E-state index contributed by atoms with van der Waals surface area (Å²) in [6.07, 6.45) is 1.65. The second-order valence-corrected chi connectivity index (χ2v) is 2.70. The van der Waals surface area contributed by atoms with E-state index in [1.54, 1.807) is 18.3 Å². The minimum Gasteiger partial charge on any atom is -0.345 e. The summed E-state index contributed by atoms with van der Waals surface area (Å²) in [6, 6.07) is 3.47. The van der Waals surface area contributed by atoms with Crippen LogP contribution in [-0.4, -0.2) is 4.98 Å². The van der Waals surface area contributed by atoms with Gasteiger partial charge in [-0.25, -0.2) is 4.98 Å². The van der Waals surface area contributed by atoms with Crippen LogP contribution in [0.2, 0.25) is 5.02 Å². The van der Waals surface area contributed by atoms with Crippen molar-refractivity contribution in [2.75, 3.05) is 5.32 Å². The van der Waals surface area contributed by atoms with Crippen molar-refractivity contribution in [3.8, 4) is 0 Å². The number of rotatable bonds is 2. The molecule has 1 N–H and O–H groups in total. The summed E-state index contributed by atoms with van der Waals surface area (Å²) < 4.78 is 0. The van der Waals surface area contributed by atoms with Gasteiger partial charge < -0.3 is 5.32 Å². The lowest BCUT2D eigenvalue weighted by Crippen LogP contribution is -1.95. The van der Waals surface area contributed by atoms with Crippen LogP contribution in [0.15, 0.2) is 30.6 Å². The number of anilines is 1. The highest BCUT2D eigenvalue weighted by molar-refractivity contribution is 6.30. The Labute approximate surface area is 70.9 Å². The van der Waals surface area contributed by atoms with Crippen molar-refractivity contribution >= 4 is 17.4 Å². The molecule has 3 heteroatoms. The van der Waals surface area contributed by atoms with Crippen LogP contribution in [0.5, 0.6) is 0 Å². The van der Waals surface area contributed by atoms with Crippen molar-refractivity contribution in [3.05, 3.63) is 35.6 Å². The molecule has 0 saturated heterocycles. The van der Waals surface area contributed by atoms with Gasteiger partial charge >= 0.3 is 0 Å². The van der Waals surface area contributed by atoms with Gasteiger partial charge in [-0.15, -0.1) is 0 Å². The molecule has 0 atom stereocenters. The molecule has 1 aromatic rings. The highest BCUT2D eigenvalue weighted by Gasteiger charge is 1.92. The predicted molar refractivity (Wildman–Crippen MR) is 47.7 cm³/mol. The third kappa shape index (κ3) is 2.60. The van der Waals surface area contributed by atoms with Gasteiger partial charge in [0.1, 0.15) is 5.82 Å². The number of hydrogen-bond acceptors (Lipinski definition) is 2. The Balaban J connectivity index is 2.79. The van der Waals surface area contributed by atoms with Crippen LogP contribution < -0.4 is 5.32 Å². The Kier molecular flexibility index (Phi) is 2.49. The average Bonchev–Trinajstić information content (AvgIpc) is 1.85. The first kappa shape index (κ1) is 8.08. The smallest absolute Gasteiger partial charge is 0.131 e. The van der Waals surface area contributed by atoms with Crippen LogP contribution >= 0.6 is 11.6 Å². The zero-order valence-corrected chi connectivity index (χ0v) is 7.02. The molecule has 2 nitrogen and oxygen atoms in total. The van der Waals surface area contributed by atoms with Gasteiger partial charge in [-0.2, -0.15) is 0 Å². The molecule has 0 aromatic carbocycles. The second kappa shape index (κ2) is 3.39. The number of halogens is 1. The average molecular weight is 169 g/mol. The molecular formula is C8H9ClN2. The number of aromatic nitrogens is 1. The van der Waals surface area contributed by atoms with Gasteiger partial charge in [-0.3, -0.25) is 0 Å². The Morgan fingerprint density at radius 3 is 3.00 bits per heavy atom. The fraction of sp³-hybridized carbons (Fsp3) is 0.125. The summed E-state index contributed by atoms with van der Waals surface area (Å²) in [6.45, 7) is 5.55. The van der Waals surface area contributed by atoms with Gasteiger partial charge in [0.15, 0.2) is 0 Å². The third-order valence-corrected chi connectivity index (χ3v) is 1.30. The van der Waals surface area contributed by atoms with Crippen LogP contribution in [0.4, 0.5) is 5.82 Å². The Hall–Kier alpha value is -1.02. The third-order valence-electron chi connectivity index (χ3n) is 1.06. The summed E-state index contributed by atoms with van der Waals surface area (Å²) in [5.41, 5.74) is 0.847. The molecule has 0 aliphatic heterocycles. The molecule has 0 spiro atoms. The quantitative estimate of drug-likeness (QED) is 0.735. The molecule has 0 fully saturated rings. The van der Waals surface area contributed by atoms with Gasteiger partial charge in [0, 0.05) is 16.9 Å². The lowest BCUT2D eigenvalue weighted by atomic mass is 10.4. The molecule has 0 saturated carbocycles. The highest BCUT2D eigenvalue weighted by atomic mass is 35.5. The molecule has 0 unspecified atom stereocenters. The molecule has 0 aliphatic carbocycles. The van der Waals surface area contributed by atoms with Gasteiger partial charge in [-0.05, 0) is 19.1 Å². The van der Waals surface area contributed by atoms with Crippen molar-refractivity contribution in [3.63, 3.8) is 0 Å². The van der Waals surface area contributed by atoms with Crippen molar-refractivity contribution in [1.82, 2.24) is 4.98 Å². The summed E-state index contributed by atoms with van der Waals surface area (Å²) in [5.74, 6) is 0.727. The first-order valence-corrected chi connectivity index (χ1v) is 3.60. The summed E-state index contributed by atoms with van der Waals surface area (Å²) >= 11 is 5.72. The normalized spacial score (nSPS) is 9.27. The fourth-order valence-electron chi connectivity index (χ4n) is 0.692. The fourth-order valence-corrected chi connectivity index (χ4v) is 0.851. The van der Waals surface area contributed by atoms with E-state index in [0.29, 0.717) is 5.02 Å². The molecular weight excluding hydrogens is 160 g/mol. The number of pyridine rings is 1. The maximum Gasteiger partial charge on any atom is 0.131 e. The number of nitrogens with zero attached hydrogens (tertiary/aromatic N) is 1. The van der Waals surface area contributed by atoms with Crippen LogP contribution in [0.3, 0.4) is 0 Å². The van der Waals surface area contributed by atoms with E-state index >= 15 is 0 Å². The summed E-state index contributed by atoms with van der Waals surface area (Å²) in [5, 5.41) is 3.63. The van der Waals surface area contributed by atoms with E-state index in [2.05, 4.69) is 16.9 Å². The predicted octanol–water partition coefficient (Wildman–Crippen LogP) is 2.68. The lowest BCUT2D eigenvalue weighted by molar-refractivity contribution is 1.26. The Morgan fingerprint density at radius 2 is 2.45 bits per heavy atom. The summed E-state index contributed by atoms with van der Waals surface area (Å²) in [7, 11) is 0. The van der Waals surface area contributed by atoms with Crippen LogP contribution in [0.1, 0.15) is 6.92 Å². The maximum atomic E-state index is 5.72. The van der Waals surface area contributed by atoms with E-state index in [4.69, 9.17) is 11.6 Å². The van der Waals surface area contributed by atoms with Crippen molar-refractivity contribution in [2.24, 2.45) is 0 Å². The minimum atomic E-state index is 0.670. The Morgan fingerprint density at radius 1 is 1.73 bits per heavy atom. The van der Waals surface area contributed by atoms with Crippen molar-refractivity contribution in [1.29, 1.82) is 0 Å². The van der Waals surface area contributed by atoms with Crippen LogP contribution in [0.25, 0.3) is 0 Å². The highest BCUT2D eigenvalue weighted by Crippen LogP contribution is 2.12. The van der Waals surface area contributed by atoms with Gasteiger partial charge in [0.2, 0.25) is 0 Å². The van der Waals surface area contributed by atoms with Crippen LogP contribution in [0, 0.1) is 0 Å². The van der Waals surface area contributed by atoms with Gasteiger partial charge in [-0.1, -0.05) is 18.2 Å². The van der Waals surface area contributed by atoms with Gasteiger partial charge in [0.05, 0.1) is 0 Å². The van der Waals surface area contributed by atoms with Crippen LogP contribution in [-0.2, 0) is 0 Å². The van der Waals surface area contributed by atoms with E-state index in [9.17, 15) is 0 Å². The topological polar surface area (TPSA) is 24.9 Å². The molecule has 1 aromatic heterocycles. The second-order valence-electron chi connectivity index (χ2n) is 2.26. The van der Waals surface area contributed by atoms with E-state index < -0.39 is 0 Å². The zero-order valence-electron chi connectivity index (χ0n) is 6.26. The van der Waals surface area contributed by atoms with E-state index in [-0.39, 0.29) is 0 Å². The lowest BCUT2D eigenvalue weighted by Gasteiger charge is -2.02. The number of hydrogen-bond donors (Lipinski definition) is 1. The summed E-state index contributed by atoms with van der Waals surface area (Å²) in [4.78, 5) is 4.02. The molecule has 1 heterocycles. The molecule has 58 valence electrons. The first-order valence-electron chi connectivity index (χ1n) is 3.22. The van der Waals surface area contributed by atoms with Crippen molar-refractivity contribution in [2.45, 2.75) is 6.92 Å². The SMILES string of the molecule is C=C(C)Nc1cc(Cl)ccn1. The molecule has 0 bridgehead atoms. The van der Waals surface area contributed by atoms with E-state index in [0.717, 1.165) is 11.5 Å².